The first-order valence-corrected chi connectivity index (χ1v) is 7.69. The van der Waals surface area contributed by atoms with Crippen LogP contribution >= 0.6 is 0 Å². The Labute approximate surface area is 102 Å². The maximum absolute atomic E-state index is 10.8. The van der Waals surface area contributed by atoms with Crippen molar-refractivity contribution in [3.05, 3.63) is 0 Å². The molecule has 2 atom stereocenters. The van der Waals surface area contributed by atoms with Crippen molar-refractivity contribution in [1.29, 1.82) is 0 Å². The molecule has 18 heavy (non-hydrogen) atoms. The van der Waals surface area contributed by atoms with Gasteiger partial charge >= 0.3 is 11.9 Å². The number of carboxylic acids is 2. The van der Waals surface area contributed by atoms with Crippen LogP contribution in [-0.2, 0) is 38.2 Å². The highest BCUT2D eigenvalue weighted by atomic mass is 32.2. The fraction of sp³-hybridized carbons (Fsp3) is 0.667. The number of carboxylic acid groups (broad SMARTS) is 2. The van der Waals surface area contributed by atoms with Crippen LogP contribution < -0.4 is 0 Å². The summed E-state index contributed by atoms with van der Waals surface area (Å²) in [6, 6.07) is 0. The summed E-state index contributed by atoms with van der Waals surface area (Å²) in [5.74, 6) is -4.01. The van der Waals surface area contributed by atoms with Crippen LogP contribution in [0, 0.1) is 0 Å². The van der Waals surface area contributed by atoms with Crippen LogP contribution in [0.4, 0.5) is 0 Å². The van der Waals surface area contributed by atoms with Crippen LogP contribution in [0.1, 0.15) is 0 Å². The molecule has 10 nitrogen and oxygen atoms in total. The molecule has 0 aromatic carbocycles. The molecular weight excluding hydrogens is 296 g/mol. The lowest BCUT2D eigenvalue weighted by molar-refractivity contribution is -0.161. The van der Waals surface area contributed by atoms with E-state index in [4.69, 9.17) is 10.2 Å². The molecule has 0 aliphatic carbocycles. The van der Waals surface area contributed by atoms with Crippen molar-refractivity contribution >= 4 is 32.2 Å². The Morgan fingerprint density at radius 3 is 1.17 bits per heavy atom. The van der Waals surface area contributed by atoms with Crippen LogP contribution in [0.15, 0.2) is 0 Å². The fourth-order valence-electron chi connectivity index (χ4n) is 0.819. The van der Waals surface area contributed by atoms with E-state index in [0.29, 0.717) is 12.5 Å². The van der Waals surface area contributed by atoms with Gasteiger partial charge in [0.2, 0.25) is 12.2 Å². The van der Waals surface area contributed by atoms with Gasteiger partial charge < -0.3 is 10.2 Å². The zero-order chi connectivity index (χ0) is 14.7. The molecule has 0 rings (SSSR count). The minimum atomic E-state index is -4.32. The molecule has 2 N–H and O–H groups in total. The van der Waals surface area contributed by atoms with Gasteiger partial charge in [-0.25, -0.2) is 9.59 Å². The Bertz CT molecular complexity index is 479. The number of hydrogen-bond donors (Lipinski definition) is 2. The number of hydrogen-bond acceptors (Lipinski definition) is 8. The minimum Gasteiger partial charge on any atom is -0.479 e. The molecule has 0 aromatic rings. The predicted octanol–water partition coefficient (Wildman–Crippen LogP) is -2.15. The van der Waals surface area contributed by atoms with Gasteiger partial charge in [-0.05, 0) is 0 Å². The zero-order valence-corrected chi connectivity index (χ0v) is 10.8. The smallest absolute Gasteiger partial charge is 0.337 e. The maximum atomic E-state index is 10.8. The number of carbonyl (C=O) groups is 2. The van der Waals surface area contributed by atoms with E-state index in [1.165, 1.54) is 0 Å². The topological polar surface area (TPSA) is 161 Å². The lowest BCUT2D eigenvalue weighted by Crippen LogP contribution is -2.45. The van der Waals surface area contributed by atoms with E-state index in [1.54, 1.807) is 0 Å². The predicted molar refractivity (Wildman–Crippen MR) is 54.7 cm³/mol. The lowest BCUT2D eigenvalue weighted by Gasteiger charge is -2.18. The second-order valence-corrected chi connectivity index (χ2v) is 6.32. The Kier molecular flexibility index (Phi) is 5.21. The molecule has 0 aliphatic heterocycles. The SMILES string of the molecule is CS(=O)(=O)O[C@@H](C(=O)O)[C@@H](OS(C)(=O)=O)C(=O)O. The van der Waals surface area contributed by atoms with Crippen molar-refractivity contribution in [3.8, 4) is 0 Å². The lowest BCUT2D eigenvalue weighted by atomic mass is 10.2. The highest BCUT2D eigenvalue weighted by Gasteiger charge is 2.41. The van der Waals surface area contributed by atoms with Crippen LogP contribution in [0.2, 0.25) is 0 Å². The summed E-state index contributed by atoms with van der Waals surface area (Å²) < 4.78 is 51.0. The molecule has 0 heterocycles. The molecule has 0 radical (unpaired) electrons. The molecule has 12 heteroatoms. The second kappa shape index (κ2) is 5.60. The number of aliphatic carboxylic acids is 2. The average molecular weight is 306 g/mol. The van der Waals surface area contributed by atoms with Crippen molar-refractivity contribution in [2.75, 3.05) is 12.5 Å². The molecule has 0 aliphatic rings. The van der Waals surface area contributed by atoms with E-state index in [0.717, 1.165) is 0 Å². The van der Waals surface area contributed by atoms with Crippen LogP contribution in [0.5, 0.6) is 0 Å². The van der Waals surface area contributed by atoms with Gasteiger partial charge in [0.1, 0.15) is 0 Å². The first-order chi connectivity index (χ1) is 7.83. The molecule has 0 fully saturated rings. The monoisotopic (exact) mass is 306 g/mol. The molecule has 0 spiro atoms. The van der Waals surface area contributed by atoms with E-state index < -0.39 is 44.4 Å². The van der Waals surface area contributed by atoms with Gasteiger partial charge in [0.05, 0.1) is 12.5 Å². The van der Waals surface area contributed by atoms with Crippen molar-refractivity contribution in [2.24, 2.45) is 0 Å². The molecule has 0 bridgehead atoms. The highest BCUT2D eigenvalue weighted by Crippen LogP contribution is 2.11. The summed E-state index contributed by atoms with van der Waals surface area (Å²) in [5, 5.41) is 17.3. The quantitative estimate of drug-likeness (QED) is 0.495. The van der Waals surface area contributed by atoms with E-state index in [-0.39, 0.29) is 0 Å². The first kappa shape index (κ1) is 16.8. The van der Waals surface area contributed by atoms with Crippen molar-refractivity contribution in [1.82, 2.24) is 0 Å². The van der Waals surface area contributed by atoms with E-state index in [9.17, 15) is 26.4 Å². The van der Waals surface area contributed by atoms with Gasteiger partial charge in [0, 0.05) is 0 Å². The van der Waals surface area contributed by atoms with Gasteiger partial charge in [-0.3, -0.25) is 8.37 Å². The summed E-state index contributed by atoms with van der Waals surface area (Å²) in [7, 11) is -8.64. The summed E-state index contributed by atoms with van der Waals surface area (Å²) in [6.07, 6.45) is -4.09. The molecule has 0 unspecified atom stereocenters. The Morgan fingerprint density at radius 2 is 1.06 bits per heavy atom. The van der Waals surface area contributed by atoms with Gasteiger partial charge in [0.25, 0.3) is 20.2 Å². The van der Waals surface area contributed by atoms with E-state index >= 15 is 0 Å². The summed E-state index contributed by atoms with van der Waals surface area (Å²) in [5.41, 5.74) is 0. The summed E-state index contributed by atoms with van der Waals surface area (Å²) in [4.78, 5) is 21.4. The molecular formula is C6H10O10S2. The van der Waals surface area contributed by atoms with Gasteiger partial charge in [-0.1, -0.05) is 0 Å². The number of rotatable bonds is 7. The molecule has 0 saturated carbocycles. The molecule has 0 saturated heterocycles. The third-order valence-electron chi connectivity index (χ3n) is 1.32. The Morgan fingerprint density at radius 1 is 0.833 bits per heavy atom. The fourth-order valence-corrected chi connectivity index (χ4v) is 1.94. The standard InChI is InChI=1S/C6H10O10S2/c1-17(11,12)15-3(5(7)8)4(6(9)10)16-18(2,13)14/h3-4H,1-2H3,(H,7,8)(H,9,10)/t3-,4-/m1/s1. The summed E-state index contributed by atoms with van der Waals surface area (Å²) in [6.45, 7) is 0. The third kappa shape index (κ3) is 6.48. The second-order valence-electron chi connectivity index (χ2n) is 3.12. The first-order valence-electron chi connectivity index (χ1n) is 4.05. The summed E-state index contributed by atoms with van der Waals surface area (Å²) >= 11 is 0. The highest BCUT2D eigenvalue weighted by molar-refractivity contribution is 7.86. The van der Waals surface area contributed by atoms with Gasteiger partial charge in [0.15, 0.2) is 0 Å². The maximum Gasteiger partial charge on any atom is 0.337 e. The van der Waals surface area contributed by atoms with Crippen molar-refractivity contribution < 1.29 is 45.0 Å². The normalized spacial score (nSPS) is 15.9. The Balaban J connectivity index is 5.39. The van der Waals surface area contributed by atoms with Crippen molar-refractivity contribution in [3.63, 3.8) is 0 Å². The van der Waals surface area contributed by atoms with Crippen LogP contribution in [0.25, 0.3) is 0 Å². The van der Waals surface area contributed by atoms with Crippen LogP contribution in [-0.4, -0.2) is 63.7 Å². The minimum absolute atomic E-state index is 0.475. The average Bonchev–Trinajstić information content (AvgIpc) is 2.06. The van der Waals surface area contributed by atoms with Gasteiger partial charge in [-0.2, -0.15) is 16.8 Å². The van der Waals surface area contributed by atoms with Crippen LogP contribution in [0.3, 0.4) is 0 Å². The molecule has 106 valence electrons. The Hall–Kier alpha value is -1.24. The third-order valence-corrected chi connectivity index (χ3v) is 2.43. The molecule has 0 aromatic heterocycles. The molecule has 0 amide bonds. The van der Waals surface area contributed by atoms with E-state index in [1.807, 2.05) is 0 Å². The zero-order valence-electron chi connectivity index (χ0n) is 9.13. The van der Waals surface area contributed by atoms with Gasteiger partial charge in [-0.15, -0.1) is 0 Å². The van der Waals surface area contributed by atoms with Crippen molar-refractivity contribution in [2.45, 2.75) is 12.2 Å². The largest absolute Gasteiger partial charge is 0.479 e. The van der Waals surface area contributed by atoms with E-state index in [2.05, 4.69) is 8.37 Å².